The number of hydrogen-bond acceptors (Lipinski definition) is 2. The van der Waals surface area contributed by atoms with Gasteiger partial charge in [0.15, 0.2) is 5.78 Å². The molecule has 0 spiro atoms. The Morgan fingerprint density at radius 2 is 2.05 bits per heavy atom. The van der Waals surface area contributed by atoms with Crippen LogP contribution in [-0.4, -0.2) is 29.8 Å². The van der Waals surface area contributed by atoms with Gasteiger partial charge >= 0.3 is 0 Å². The minimum Gasteiger partial charge on any atom is -0.300 e. The predicted octanol–water partition coefficient (Wildman–Crippen LogP) is 4.07. The molecule has 1 heterocycles. The Kier molecular flexibility index (Phi) is 5.15. The second-order valence-corrected chi connectivity index (χ2v) is 6.69. The maximum absolute atomic E-state index is 13.5. The fourth-order valence-electron chi connectivity index (χ4n) is 3.28. The summed E-state index contributed by atoms with van der Waals surface area (Å²) in [5.74, 6) is 1.09. The van der Waals surface area contributed by atoms with Gasteiger partial charge in [0, 0.05) is 31.1 Å². The van der Waals surface area contributed by atoms with E-state index in [2.05, 4.69) is 25.7 Å². The number of aryl methyl sites for hydroxylation is 1. The van der Waals surface area contributed by atoms with Crippen LogP contribution >= 0.6 is 0 Å². The highest BCUT2D eigenvalue weighted by Crippen LogP contribution is 2.27. The van der Waals surface area contributed by atoms with E-state index >= 15 is 0 Å². The molecular formula is C18H26FNO. The largest absolute Gasteiger partial charge is 0.300 e. The second kappa shape index (κ2) is 6.69. The molecule has 0 aromatic heterocycles. The molecule has 0 saturated carbocycles. The van der Waals surface area contributed by atoms with Crippen molar-refractivity contribution in [1.82, 2.24) is 4.90 Å². The Balaban J connectivity index is 1.95. The van der Waals surface area contributed by atoms with E-state index in [0.717, 1.165) is 13.1 Å². The molecular weight excluding hydrogens is 265 g/mol. The fraction of sp³-hybridized carbons (Fsp3) is 0.611. The molecule has 21 heavy (non-hydrogen) atoms. The van der Waals surface area contributed by atoms with Crippen molar-refractivity contribution < 1.29 is 9.18 Å². The first-order valence-electron chi connectivity index (χ1n) is 7.92. The van der Waals surface area contributed by atoms with Crippen molar-refractivity contribution in [3.05, 3.63) is 35.1 Å². The second-order valence-electron chi connectivity index (χ2n) is 6.69. The summed E-state index contributed by atoms with van der Waals surface area (Å²) in [6.45, 7) is 10.3. The quantitative estimate of drug-likeness (QED) is 0.779. The van der Waals surface area contributed by atoms with Crippen LogP contribution in [0, 0.1) is 24.6 Å². The number of piperidine rings is 1. The zero-order chi connectivity index (χ0) is 15.6. The fourth-order valence-corrected chi connectivity index (χ4v) is 3.28. The SMILES string of the molecule is Cc1ccc(C(=O)CCN2CC(C)CC(C)C2C)cc1F. The molecule has 1 aliphatic rings. The lowest BCUT2D eigenvalue weighted by Crippen LogP contribution is -2.46. The van der Waals surface area contributed by atoms with Crippen LogP contribution in [0.2, 0.25) is 0 Å². The average Bonchev–Trinajstić information content (AvgIpc) is 2.43. The van der Waals surface area contributed by atoms with E-state index in [1.807, 2.05) is 0 Å². The van der Waals surface area contributed by atoms with Crippen molar-refractivity contribution in [2.75, 3.05) is 13.1 Å². The van der Waals surface area contributed by atoms with Crippen molar-refractivity contribution in [3.63, 3.8) is 0 Å². The monoisotopic (exact) mass is 291 g/mol. The Labute approximate surface area is 127 Å². The van der Waals surface area contributed by atoms with Crippen molar-refractivity contribution >= 4 is 5.78 Å². The number of carbonyl (C=O) groups is 1. The van der Waals surface area contributed by atoms with Gasteiger partial charge in [-0.15, -0.1) is 0 Å². The zero-order valence-corrected chi connectivity index (χ0v) is 13.5. The van der Waals surface area contributed by atoms with E-state index in [4.69, 9.17) is 0 Å². The molecule has 2 nitrogen and oxygen atoms in total. The van der Waals surface area contributed by atoms with Gasteiger partial charge in [0.1, 0.15) is 5.82 Å². The third kappa shape index (κ3) is 3.91. The third-order valence-electron chi connectivity index (χ3n) is 4.84. The predicted molar refractivity (Wildman–Crippen MR) is 84.1 cm³/mol. The molecule has 116 valence electrons. The van der Waals surface area contributed by atoms with Gasteiger partial charge < -0.3 is 0 Å². The maximum Gasteiger partial charge on any atom is 0.164 e. The van der Waals surface area contributed by atoms with Crippen LogP contribution in [0.4, 0.5) is 4.39 Å². The van der Waals surface area contributed by atoms with Crippen molar-refractivity contribution in [1.29, 1.82) is 0 Å². The molecule has 2 rings (SSSR count). The molecule has 0 amide bonds. The number of ketones is 1. The molecule has 0 N–H and O–H groups in total. The zero-order valence-electron chi connectivity index (χ0n) is 13.5. The van der Waals surface area contributed by atoms with Crippen LogP contribution < -0.4 is 0 Å². The minimum atomic E-state index is -0.297. The van der Waals surface area contributed by atoms with Crippen LogP contribution in [0.5, 0.6) is 0 Å². The number of rotatable bonds is 4. The first-order valence-corrected chi connectivity index (χ1v) is 7.92. The van der Waals surface area contributed by atoms with E-state index in [9.17, 15) is 9.18 Å². The number of benzene rings is 1. The van der Waals surface area contributed by atoms with Crippen LogP contribution in [0.25, 0.3) is 0 Å². The molecule has 1 aromatic carbocycles. The third-order valence-corrected chi connectivity index (χ3v) is 4.84. The molecule has 1 aromatic rings. The van der Waals surface area contributed by atoms with Crippen LogP contribution in [0.1, 0.15) is 49.5 Å². The maximum atomic E-state index is 13.5. The average molecular weight is 291 g/mol. The van der Waals surface area contributed by atoms with Crippen molar-refractivity contribution in [3.8, 4) is 0 Å². The van der Waals surface area contributed by atoms with E-state index in [1.54, 1.807) is 19.1 Å². The number of Topliss-reactive ketones (excluding diaryl/α,β-unsaturated/α-hetero) is 1. The topological polar surface area (TPSA) is 20.3 Å². The number of likely N-dealkylation sites (tertiary alicyclic amines) is 1. The van der Waals surface area contributed by atoms with Gasteiger partial charge in [-0.05, 0) is 43.7 Å². The summed E-state index contributed by atoms with van der Waals surface area (Å²) in [5, 5.41) is 0. The van der Waals surface area contributed by atoms with Gasteiger partial charge in [0.05, 0.1) is 0 Å². The van der Waals surface area contributed by atoms with Gasteiger partial charge in [-0.1, -0.05) is 26.0 Å². The van der Waals surface area contributed by atoms with Crippen LogP contribution in [0.3, 0.4) is 0 Å². The molecule has 1 aliphatic heterocycles. The summed E-state index contributed by atoms with van der Waals surface area (Å²) in [4.78, 5) is 14.6. The Hall–Kier alpha value is -1.22. The normalized spacial score (nSPS) is 26.8. The van der Waals surface area contributed by atoms with Gasteiger partial charge in [-0.25, -0.2) is 4.39 Å². The summed E-state index contributed by atoms with van der Waals surface area (Å²) >= 11 is 0. The van der Waals surface area contributed by atoms with Crippen LogP contribution in [0.15, 0.2) is 18.2 Å². The lowest BCUT2D eigenvalue weighted by molar-refractivity contribution is 0.0720. The summed E-state index contributed by atoms with van der Waals surface area (Å²) in [6.07, 6.45) is 1.72. The molecule has 3 heteroatoms. The highest BCUT2D eigenvalue weighted by Gasteiger charge is 2.28. The van der Waals surface area contributed by atoms with Gasteiger partial charge in [0.2, 0.25) is 0 Å². The summed E-state index contributed by atoms with van der Waals surface area (Å²) in [7, 11) is 0. The van der Waals surface area contributed by atoms with E-state index in [1.165, 1.54) is 12.5 Å². The minimum absolute atomic E-state index is 0.0342. The number of halogens is 1. The Morgan fingerprint density at radius 3 is 2.71 bits per heavy atom. The number of carbonyl (C=O) groups excluding carboxylic acids is 1. The highest BCUT2D eigenvalue weighted by molar-refractivity contribution is 5.96. The number of hydrogen-bond donors (Lipinski definition) is 0. The van der Waals surface area contributed by atoms with Gasteiger partial charge in [0.25, 0.3) is 0 Å². The highest BCUT2D eigenvalue weighted by atomic mass is 19.1. The van der Waals surface area contributed by atoms with Gasteiger partial charge in [-0.2, -0.15) is 0 Å². The van der Waals surface area contributed by atoms with Crippen LogP contribution in [-0.2, 0) is 0 Å². The van der Waals surface area contributed by atoms with E-state index < -0.39 is 0 Å². The molecule has 1 saturated heterocycles. The first-order chi connectivity index (χ1) is 9.88. The standard InChI is InChI=1S/C18H26FNO/c1-12-9-14(3)15(4)20(11-12)8-7-18(21)16-6-5-13(2)17(19)10-16/h5-6,10,12,14-15H,7-9,11H2,1-4H3. The lowest BCUT2D eigenvalue weighted by atomic mass is 9.86. The smallest absolute Gasteiger partial charge is 0.164 e. The molecule has 0 bridgehead atoms. The molecule has 0 aliphatic carbocycles. The lowest BCUT2D eigenvalue weighted by Gasteiger charge is -2.41. The van der Waals surface area contributed by atoms with Gasteiger partial charge in [-0.3, -0.25) is 9.69 Å². The molecule has 0 radical (unpaired) electrons. The van der Waals surface area contributed by atoms with Crippen molar-refractivity contribution in [2.24, 2.45) is 11.8 Å². The van der Waals surface area contributed by atoms with E-state index in [0.29, 0.717) is 35.4 Å². The first kappa shape index (κ1) is 16.2. The summed E-state index contributed by atoms with van der Waals surface area (Å²) in [6, 6.07) is 5.29. The number of nitrogens with zero attached hydrogens (tertiary/aromatic N) is 1. The molecule has 3 unspecified atom stereocenters. The van der Waals surface area contributed by atoms with Crippen molar-refractivity contribution in [2.45, 2.75) is 46.6 Å². The van der Waals surface area contributed by atoms with E-state index in [-0.39, 0.29) is 11.6 Å². The Morgan fingerprint density at radius 1 is 1.33 bits per heavy atom. The Bertz CT molecular complexity index is 514. The molecule has 3 atom stereocenters. The summed E-state index contributed by atoms with van der Waals surface area (Å²) in [5.41, 5.74) is 1.07. The summed E-state index contributed by atoms with van der Waals surface area (Å²) < 4.78 is 13.5. The molecule has 1 fully saturated rings.